The molecule has 0 aliphatic rings. The van der Waals surface area contributed by atoms with Gasteiger partial charge in [-0.3, -0.25) is 0 Å². The molecular weight excluding hydrogens is 188 g/mol. The van der Waals surface area contributed by atoms with Crippen molar-refractivity contribution in [2.45, 2.75) is 52.5 Å². The average molecular weight is 206 g/mol. The summed E-state index contributed by atoms with van der Waals surface area (Å²) in [6, 6.07) is 2.17. The van der Waals surface area contributed by atoms with Crippen LogP contribution >= 0.6 is 0 Å². The summed E-state index contributed by atoms with van der Waals surface area (Å²) in [4.78, 5) is 0. The Labute approximate surface area is 90.9 Å². The molecule has 0 fully saturated rings. The molecule has 1 aromatic heterocycles. The summed E-state index contributed by atoms with van der Waals surface area (Å²) in [5, 5.41) is 17.0. The number of aryl methyl sites for hydroxylation is 2. The third-order valence-electron chi connectivity index (χ3n) is 2.47. The van der Waals surface area contributed by atoms with Crippen LogP contribution in [0.4, 0.5) is 0 Å². The van der Waals surface area contributed by atoms with Crippen molar-refractivity contribution in [3.8, 4) is 6.07 Å². The van der Waals surface area contributed by atoms with Crippen molar-refractivity contribution in [3.63, 3.8) is 0 Å². The lowest BCUT2D eigenvalue weighted by Gasteiger charge is -2.01. The SMILES string of the molecule is CCCCCCn1nnc(CC)c1C#N. The van der Waals surface area contributed by atoms with Crippen LogP contribution in [0.1, 0.15) is 50.9 Å². The minimum atomic E-state index is 0.633. The predicted molar refractivity (Wildman–Crippen MR) is 58.3 cm³/mol. The molecule has 4 nitrogen and oxygen atoms in total. The van der Waals surface area contributed by atoms with Crippen molar-refractivity contribution < 1.29 is 0 Å². The summed E-state index contributed by atoms with van der Waals surface area (Å²) in [6.07, 6.45) is 5.52. The first kappa shape index (κ1) is 11.7. The maximum Gasteiger partial charge on any atom is 0.161 e. The van der Waals surface area contributed by atoms with Crippen LogP contribution in [-0.2, 0) is 13.0 Å². The molecule has 1 aromatic rings. The first-order valence-corrected chi connectivity index (χ1v) is 5.65. The van der Waals surface area contributed by atoms with Crippen LogP contribution in [0.5, 0.6) is 0 Å². The number of aromatic nitrogens is 3. The number of unbranched alkanes of at least 4 members (excludes halogenated alkanes) is 3. The van der Waals surface area contributed by atoms with E-state index in [2.05, 4.69) is 23.3 Å². The zero-order valence-electron chi connectivity index (χ0n) is 9.53. The molecule has 0 atom stereocenters. The number of hydrogen-bond acceptors (Lipinski definition) is 3. The Kier molecular flexibility index (Phi) is 4.82. The number of hydrogen-bond donors (Lipinski definition) is 0. The summed E-state index contributed by atoms with van der Waals surface area (Å²) in [6.45, 7) is 4.99. The van der Waals surface area contributed by atoms with Gasteiger partial charge in [0.2, 0.25) is 0 Å². The van der Waals surface area contributed by atoms with Crippen molar-refractivity contribution in [2.24, 2.45) is 0 Å². The first-order valence-electron chi connectivity index (χ1n) is 5.65. The largest absolute Gasteiger partial charge is 0.234 e. The van der Waals surface area contributed by atoms with Gasteiger partial charge < -0.3 is 0 Å². The lowest BCUT2D eigenvalue weighted by atomic mass is 10.2. The summed E-state index contributed by atoms with van der Waals surface area (Å²) in [5.74, 6) is 0. The predicted octanol–water partition coefficient (Wildman–Crippen LogP) is 2.29. The first-order chi connectivity index (χ1) is 7.33. The van der Waals surface area contributed by atoms with Gasteiger partial charge in [0.15, 0.2) is 5.69 Å². The standard InChI is InChI=1S/C11H18N4/c1-3-5-6-7-8-15-11(9-12)10(4-2)13-14-15/h3-8H2,1-2H3. The molecule has 0 bridgehead atoms. The van der Waals surface area contributed by atoms with Crippen LogP contribution in [0.15, 0.2) is 0 Å². The molecule has 0 saturated heterocycles. The van der Waals surface area contributed by atoms with Crippen LogP contribution in [0, 0.1) is 11.3 Å². The quantitative estimate of drug-likeness (QED) is 0.671. The van der Waals surface area contributed by atoms with E-state index < -0.39 is 0 Å². The molecule has 0 amide bonds. The van der Waals surface area contributed by atoms with Crippen molar-refractivity contribution in [2.75, 3.05) is 0 Å². The molecule has 0 radical (unpaired) electrons. The maximum atomic E-state index is 8.97. The number of nitrogens with zero attached hydrogens (tertiary/aromatic N) is 4. The van der Waals surface area contributed by atoms with Crippen LogP contribution < -0.4 is 0 Å². The van der Waals surface area contributed by atoms with Crippen molar-refractivity contribution in [3.05, 3.63) is 11.4 Å². The van der Waals surface area contributed by atoms with Gasteiger partial charge in [-0.05, 0) is 12.8 Å². The third-order valence-corrected chi connectivity index (χ3v) is 2.47. The molecule has 82 valence electrons. The minimum Gasteiger partial charge on any atom is -0.234 e. The molecule has 0 aliphatic heterocycles. The molecule has 15 heavy (non-hydrogen) atoms. The van der Waals surface area contributed by atoms with Gasteiger partial charge in [0.05, 0.1) is 0 Å². The Bertz CT molecular complexity index is 335. The number of rotatable bonds is 6. The highest BCUT2D eigenvalue weighted by Crippen LogP contribution is 2.07. The minimum absolute atomic E-state index is 0.633. The van der Waals surface area contributed by atoms with E-state index in [-0.39, 0.29) is 0 Å². The Balaban J connectivity index is 2.54. The second-order valence-electron chi connectivity index (χ2n) is 3.63. The molecule has 0 aromatic carbocycles. The van der Waals surface area contributed by atoms with Gasteiger partial charge in [0.25, 0.3) is 0 Å². The Morgan fingerprint density at radius 2 is 2.07 bits per heavy atom. The summed E-state index contributed by atoms with van der Waals surface area (Å²) in [7, 11) is 0. The normalized spacial score (nSPS) is 10.2. The molecule has 0 N–H and O–H groups in total. The van der Waals surface area contributed by atoms with Gasteiger partial charge >= 0.3 is 0 Å². The lowest BCUT2D eigenvalue weighted by Crippen LogP contribution is -2.03. The summed E-state index contributed by atoms with van der Waals surface area (Å²) < 4.78 is 1.73. The third kappa shape index (κ3) is 3.05. The fraction of sp³-hybridized carbons (Fsp3) is 0.727. The molecule has 1 heterocycles. The van der Waals surface area contributed by atoms with E-state index in [4.69, 9.17) is 5.26 Å². The smallest absolute Gasteiger partial charge is 0.161 e. The topological polar surface area (TPSA) is 54.5 Å². The molecule has 0 unspecified atom stereocenters. The van der Waals surface area contributed by atoms with E-state index in [0.717, 1.165) is 25.1 Å². The maximum absolute atomic E-state index is 8.97. The van der Waals surface area contributed by atoms with Gasteiger partial charge in [-0.25, -0.2) is 4.68 Å². The zero-order valence-corrected chi connectivity index (χ0v) is 9.53. The molecule has 4 heteroatoms. The highest BCUT2D eigenvalue weighted by molar-refractivity contribution is 5.24. The average Bonchev–Trinajstić information content (AvgIpc) is 2.66. The Hall–Kier alpha value is -1.37. The monoisotopic (exact) mass is 206 g/mol. The second kappa shape index (κ2) is 6.18. The van der Waals surface area contributed by atoms with Gasteiger partial charge in [-0.1, -0.05) is 38.3 Å². The van der Waals surface area contributed by atoms with E-state index in [0.29, 0.717) is 5.69 Å². The summed E-state index contributed by atoms with van der Waals surface area (Å²) >= 11 is 0. The van der Waals surface area contributed by atoms with Crippen molar-refractivity contribution in [1.82, 2.24) is 15.0 Å². The van der Waals surface area contributed by atoms with Crippen LogP contribution in [0.2, 0.25) is 0 Å². The van der Waals surface area contributed by atoms with Gasteiger partial charge in [-0.2, -0.15) is 5.26 Å². The molecule has 0 saturated carbocycles. The zero-order chi connectivity index (χ0) is 11.1. The van der Waals surface area contributed by atoms with Crippen LogP contribution in [-0.4, -0.2) is 15.0 Å². The number of nitriles is 1. The van der Waals surface area contributed by atoms with Gasteiger partial charge in [0, 0.05) is 6.54 Å². The second-order valence-corrected chi connectivity index (χ2v) is 3.63. The van der Waals surface area contributed by atoms with E-state index in [1.54, 1.807) is 4.68 Å². The highest BCUT2D eigenvalue weighted by atomic mass is 15.4. The van der Waals surface area contributed by atoms with Crippen molar-refractivity contribution >= 4 is 0 Å². The fourth-order valence-electron chi connectivity index (χ4n) is 1.55. The van der Waals surface area contributed by atoms with E-state index >= 15 is 0 Å². The van der Waals surface area contributed by atoms with Gasteiger partial charge in [-0.15, -0.1) is 5.10 Å². The fourth-order valence-corrected chi connectivity index (χ4v) is 1.55. The molecule has 0 spiro atoms. The van der Waals surface area contributed by atoms with Gasteiger partial charge in [0.1, 0.15) is 11.8 Å². The van der Waals surface area contributed by atoms with Crippen molar-refractivity contribution in [1.29, 1.82) is 5.26 Å². The van der Waals surface area contributed by atoms with E-state index in [1.165, 1.54) is 19.3 Å². The lowest BCUT2D eigenvalue weighted by molar-refractivity contribution is 0.524. The molecule has 0 aliphatic carbocycles. The molecular formula is C11H18N4. The van der Waals surface area contributed by atoms with E-state index in [1.807, 2.05) is 6.92 Å². The van der Waals surface area contributed by atoms with E-state index in [9.17, 15) is 0 Å². The highest BCUT2D eigenvalue weighted by Gasteiger charge is 2.09. The van der Waals surface area contributed by atoms with Crippen LogP contribution in [0.25, 0.3) is 0 Å². The Morgan fingerprint density at radius 1 is 1.27 bits per heavy atom. The summed E-state index contributed by atoms with van der Waals surface area (Å²) in [5.41, 5.74) is 1.45. The van der Waals surface area contributed by atoms with Crippen LogP contribution in [0.3, 0.4) is 0 Å². The Morgan fingerprint density at radius 3 is 2.67 bits per heavy atom. The molecule has 1 rings (SSSR count).